The highest BCUT2D eigenvalue weighted by Crippen LogP contribution is 2.35. The molecule has 0 aliphatic heterocycles. The van der Waals surface area contributed by atoms with Crippen molar-refractivity contribution in [3.05, 3.63) is 23.8 Å². The number of hydrogen-bond donors (Lipinski definition) is 2. The number of nitrogens with two attached hydrogens (primary N) is 1. The van der Waals surface area contributed by atoms with Gasteiger partial charge in [0.25, 0.3) is 0 Å². The van der Waals surface area contributed by atoms with Crippen molar-refractivity contribution in [2.24, 2.45) is 23.0 Å². The summed E-state index contributed by atoms with van der Waals surface area (Å²) in [5.41, 5.74) is 6.18. The van der Waals surface area contributed by atoms with Crippen LogP contribution in [0.4, 0.5) is 4.79 Å². The Morgan fingerprint density at radius 2 is 1.45 bits per heavy atom. The first-order chi connectivity index (χ1) is 17.6. The van der Waals surface area contributed by atoms with Crippen LogP contribution in [0.15, 0.2) is 18.2 Å². The van der Waals surface area contributed by atoms with E-state index in [0.717, 1.165) is 0 Å². The maximum Gasteiger partial charge on any atom is 0.508 e. The van der Waals surface area contributed by atoms with Gasteiger partial charge in [0.1, 0.15) is 12.1 Å². The Balaban J connectivity index is 3.31. The number of aliphatic carboxylic acids is 1. The third-order valence-electron chi connectivity index (χ3n) is 6.07. The van der Waals surface area contributed by atoms with Crippen LogP contribution in [-0.2, 0) is 23.9 Å². The van der Waals surface area contributed by atoms with Crippen molar-refractivity contribution < 1.29 is 43.2 Å². The van der Waals surface area contributed by atoms with E-state index in [4.69, 9.17) is 24.7 Å². The summed E-state index contributed by atoms with van der Waals surface area (Å²) in [6.45, 7) is 14.6. The summed E-state index contributed by atoms with van der Waals surface area (Å²) in [6, 6.07) is 3.08. The standard InChI is InChI=1S/C28H43NO9/c1-9-16(3)25(32)37-21-12-11-19(14-22(21)38-26(33)17(4)10-2)20(23(29)24(30)31)13-18(5)36-27(34)35-15-28(6,7)8/h11-12,14,16-18,20,23H,9-10,13,15,29H2,1-8H3,(H,30,31)/t16?,17?,18?,20?,23-/m0/s1. The Hall–Kier alpha value is -3.14. The monoisotopic (exact) mass is 537 g/mol. The third kappa shape index (κ3) is 10.7. The van der Waals surface area contributed by atoms with Crippen molar-refractivity contribution in [2.45, 2.75) is 92.7 Å². The third-order valence-corrected chi connectivity index (χ3v) is 6.07. The van der Waals surface area contributed by atoms with Gasteiger partial charge in [-0.2, -0.15) is 0 Å². The van der Waals surface area contributed by atoms with Gasteiger partial charge >= 0.3 is 24.1 Å². The Labute approximate surface area is 225 Å². The smallest absolute Gasteiger partial charge is 0.480 e. The molecule has 1 rings (SSSR count). The van der Waals surface area contributed by atoms with Crippen molar-refractivity contribution in [1.82, 2.24) is 0 Å². The van der Waals surface area contributed by atoms with Gasteiger partial charge in [-0.15, -0.1) is 0 Å². The molecule has 0 radical (unpaired) electrons. The first-order valence-corrected chi connectivity index (χ1v) is 13.0. The van der Waals surface area contributed by atoms with Crippen LogP contribution in [0.25, 0.3) is 0 Å². The van der Waals surface area contributed by atoms with E-state index in [1.54, 1.807) is 26.8 Å². The van der Waals surface area contributed by atoms with Crippen LogP contribution in [0, 0.1) is 17.3 Å². The Kier molecular flexibility index (Phi) is 12.7. The number of ether oxygens (including phenoxy) is 4. The number of benzene rings is 1. The molecule has 4 unspecified atom stereocenters. The molecule has 0 aliphatic rings. The van der Waals surface area contributed by atoms with E-state index in [1.807, 2.05) is 34.6 Å². The zero-order valence-corrected chi connectivity index (χ0v) is 23.7. The van der Waals surface area contributed by atoms with Crippen molar-refractivity contribution >= 4 is 24.1 Å². The van der Waals surface area contributed by atoms with E-state index < -0.39 is 48.0 Å². The number of carbonyl (C=O) groups excluding carboxylic acids is 3. The summed E-state index contributed by atoms with van der Waals surface area (Å²) >= 11 is 0. The number of carbonyl (C=O) groups is 4. The van der Waals surface area contributed by atoms with Crippen molar-refractivity contribution in [3.8, 4) is 11.5 Å². The Morgan fingerprint density at radius 1 is 0.921 bits per heavy atom. The second-order valence-corrected chi connectivity index (χ2v) is 10.9. The van der Waals surface area contributed by atoms with Gasteiger partial charge in [0, 0.05) is 5.92 Å². The molecule has 0 aromatic heterocycles. The SMILES string of the molecule is CCC(C)C(=O)Oc1ccc(C(CC(C)OC(=O)OCC(C)(C)C)[C@H](N)C(=O)O)cc1OC(=O)C(C)CC. The average molecular weight is 538 g/mol. The number of carboxylic acids is 1. The largest absolute Gasteiger partial charge is 0.508 e. The summed E-state index contributed by atoms with van der Waals surface area (Å²) in [5.74, 6) is -3.89. The van der Waals surface area contributed by atoms with Crippen molar-refractivity contribution in [2.75, 3.05) is 6.61 Å². The van der Waals surface area contributed by atoms with E-state index in [-0.39, 0.29) is 35.9 Å². The summed E-state index contributed by atoms with van der Waals surface area (Å²) in [6.07, 6.45) is -0.474. The molecule has 0 saturated heterocycles. The highest BCUT2D eigenvalue weighted by Gasteiger charge is 2.31. The minimum atomic E-state index is -1.36. The summed E-state index contributed by atoms with van der Waals surface area (Å²) in [4.78, 5) is 49.0. The lowest BCUT2D eigenvalue weighted by Crippen LogP contribution is -2.38. The molecule has 0 heterocycles. The van der Waals surface area contributed by atoms with Gasteiger partial charge in [0.05, 0.1) is 18.4 Å². The van der Waals surface area contributed by atoms with Crippen LogP contribution in [0.3, 0.4) is 0 Å². The second-order valence-electron chi connectivity index (χ2n) is 10.9. The molecule has 1 aromatic carbocycles. The van der Waals surface area contributed by atoms with E-state index in [0.29, 0.717) is 18.4 Å². The fourth-order valence-electron chi connectivity index (χ4n) is 3.21. The van der Waals surface area contributed by atoms with Gasteiger partial charge in [0.2, 0.25) is 0 Å². The molecular weight excluding hydrogens is 494 g/mol. The van der Waals surface area contributed by atoms with Crippen LogP contribution in [0.5, 0.6) is 11.5 Å². The summed E-state index contributed by atoms with van der Waals surface area (Å²) < 4.78 is 21.5. The van der Waals surface area contributed by atoms with Gasteiger partial charge in [-0.1, -0.05) is 54.5 Å². The van der Waals surface area contributed by atoms with Gasteiger partial charge in [0.15, 0.2) is 11.5 Å². The molecule has 5 atom stereocenters. The molecule has 0 spiro atoms. The van der Waals surface area contributed by atoms with E-state index in [9.17, 15) is 24.3 Å². The van der Waals surface area contributed by atoms with Crippen LogP contribution in [0.1, 0.15) is 86.1 Å². The molecule has 38 heavy (non-hydrogen) atoms. The maximum atomic E-state index is 12.6. The average Bonchev–Trinajstić information content (AvgIpc) is 2.84. The quantitative estimate of drug-likeness (QED) is 0.258. The highest BCUT2D eigenvalue weighted by molar-refractivity contribution is 5.79. The highest BCUT2D eigenvalue weighted by atomic mass is 16.7. The van der Waals surface area contributed by atoms with Crippen LogP contribution >= 0.6 is 0 Å². The molecule has 214 valence electrons. The van der Waals surface area contributed by atoms with Gasteiger partial charge in [-0.05, 0) is 49.3 Å². The summed E-state index contributed by atoms with van der Waals surface area (Å²) in [5, 5.41) is 9.65. The van der Waals surface area contributed by atoms with Gasteiger partial charge < -0.3 is 29.8 Å². The van der Waals surface area contributed by atoms with Gasteiger partial charge in [-0.25, -0.2) is 4.79 Å². The molecule has 10 heteroatoms. The lowest BCUT2D eigenvalue weighted by Gasteiger charge is -2.26. The minimum Gasteiger partial charge on any atom is -0.480 e. The number of hydrogen-bond acceptors (Lipinski definition) is 9. The van der Waals surface area contributed by atoms with E-state index >= 15 is 0 Å². The number of esters is 2. The van der Waals surface area contributed by atoms with Crippen molar-refractivity contribution in [3.63, 3.8) is 0 Å². The number of carboxylic acid groups (broad SMARTS) is 1. The molecule has 0 aliphatic carbocycles. The first-order valence-electron chi connectivity index (χ1n) is 13.0. The lowest BCUT2D eigenvalue weighted by atomic mass is 9.87. The molecule has 0 amide bonds. The van der Waals surface area contributed by atoms with Crippen LogP contribution in [-0.4, -0.2) is 47.9 Å². The number of rotatable bonds is 13. The second kappa shape index (κ2) is 14.7. The lowest BCUT2D eigenvalue weighted by molar-refractivity contribution is -0.141. The normalized spacial score (nSPS) is 15.4. The fourth-order valence-corrected chi connectivity index (χ4v) is 3.21. The minimum absolute atomic E-state index is 0.0230. The summed E-state index contributed by atoms with van der Waals surface area (Å²) in [7, 11) is 0. The van der Waals surface area contributed by atoms with E-state index in [1.165, 1.54) is 12.1 Å². The van der Waals surface area contributed by atoms with Crippen molar-refractivity contribution in [1.29, 1.82) is 0 Å². The molecule has 1 aromatic rings. The molecule has 10 nitrogen and oxygen atoms in total. The molecule has 0 bridgehead atoms. The zero-order chi connectivity index (χ0) is 29.2. The van der Waals surface area contributed by atoms with Gasteiger partial charge in [-0.3, -0.25) is 14.4 Å². The molecular formula is C28H43NO9. The molecule has 0 fully saturated rings. The zero-order valence-electron chi connectivity index (χ0n) is 23.7. The van der Waals surface area contributed by atoms with Crippen LogP contribution in [0.2, 0.25) is 0 Å². The Bertz CT molecular complexity index is 970. The first kappa shape index (κ1) is 32.9. The predicted molar refractivity (Wildman–Crippen MR) is 141 cm³/mol. The van der Waals surface area contributed by atoms with Crippen LogP contribution < -0.4 is 15.2 Å². The fraction of sp³-hybridized carbons (Fsp3) is 0.643. The van der Waals surface area contributed by atoms with E-state index in [2.05, 4.69) is 0 Å². The maximum absolute atomic E-state index is 12.6. The molecule has 0 saturated carbocycles. The Morgan fingerprint density at radius 3 is 1.92 bits per heavy atom. The predicted octanol–water partition coefficient (Wildman–Crippen LogP) is 5.06. The molecule has 3 N–H and O–H groups in total. The topological polar surface area (TPSA) is 151 Å².